The molecule has 3 aromatic rings. The van der Waals surface area contributed by atoms with Crippen LogP contribution in [0.2, 0.25) is 5.02 Å². The van der Waals surface area contributed by atoms with Crippen LogP contribution in [0.5, 0.6) is 5.75 Å². The van der Waals surface area contributed by atoms with E-state index in [0.29, 0.717) is 22.1 Å². The summed E-state index contributed by atoms with van der Waals surface area (Å²) >= 11 is 5.96. The van der Waals surface area contributed by atoms with Gasteiger partial charge in [-0.2, -0.15) is 5.10 Å². The quantitative estimate of drug-likeness (QED) is 0.775. The number of benzene rings is 1. The Morgan fingerprint density at radius 1 is 1.41 bits per heavy atom. The molecule has 0 bridgehead atoms. The summed E-state index contributed by atoms with van der Waals surface area (Å²) in [7, 11) is 0. The van der Waals surface area contributed by atoms with Crippen LogP contribution in [0.1, 0.15) is 5.69 Å². The van der Waals surface area contributed by atoms with Gasteiger partial charge in [0.2, 0.25) is 0 Å². The summed E-state index contributed by atoms with van der Waals surface area (Å²) in [5.74, 6) is 0.181. The number of hydrogen-bond acceptors (Lipinski definition) is 4. The van der Waals surface area contributed by atoms with E-state index in [1.807, 2.05) is 13.0 Å². The van der Waals surface area contributed by atoms with Crippen LogP contribution in [-0.4, -0.2) is 27.7 Å². The maximum Gasteiger partial charge on any atom is 0.262 e. The summed E-state index contributed by atoms with van der Waals surface area (Å²) < 4.78 is 5.38. The van der Waals surface area contributed by atoms with Crippen LogP contribution in [0, 0.1) is 6.92 Å². The Morgan fingerprint density at radius 2 is 2.23 bits per heavy atom. The van der Waals surface area contributed by atoms with Gasteiger partial charge in [0, 0.05) is 11.1 Å². The number of aromatic amines is 1. The van der Waals surface area contributed by atoms with E-state index in [1.54, 1.807) is 30.5 Å². The second-order valence-electron chi connectivity index (χ2n) is 4.71. The second kappa shape index (κ2) is 6.03. The van der Waals surface area contributed by atoms with Gasteiger partial charge < -0.3 is 10.1 Å². The van der Waals surface area contributed by atoms with E-state index in [2.05, 4.69) is 20.5 Å². The Labute approximate surface area is 131 Å². The lowest BCUT2D eigenvalue weighted by Crippen LogP contribution is -2.20. The highest BCUT2D eigenvalue weighted by molar-refractivity contribution is 6.32. The molecule has 0 aliphatic heterocycles. The molecule has 0 radical (unpaired) electrons. The zero-order valence-corrected chi connectivity index (χ0v) is 12.5. The topological polar surface area (TPSA) is 79.9 Å². The normalized spacial score (nSPS) is 10.6. The zero-order chi connectivity index (χ0) is 15.5. The molecule has 0 aliphatic carbocycles. The van der Waals surface area contributed by atoms with Crippen LogP contribution in [0.4, 0.5) is 5.69 Å². The van der Waals surface area contributed by atoms with Gasteiger partial charge in [-0.3, -0.25) is 9.89 Å². The van der Waals surface area contributed by atoms with Crippen molar-refractivity contribution in [2.75, 3.05) is 11.9 Å². The van der Waals surface area contributed by atoms with Gasteiger partial charge in [0.1, 0.15) is 5.75 Å². The highest BCUT2D eigenvalue weighted by Gasteiger charge is 2.08. The van der Waals surface area contributed by atoms with E-state index in [-0.39, 0.29) is 12.5 Å². The van der Waals surface area contributed by atoms with E-state index in [9.17, 15) is 4.79 Å². The minimum absolute atomic E-state index is 0.133. The van der Waals surface area contributed by atoms with Crippen LogP contribution in [0.3, 0.4) is 0 Å². The molecule has 1 aromatic carbocycles. The Kier molecular flexibility index (Phi) is 3.93. The van der Waals surface area contributed by atoms with Gasteiger partial charge in [0.05, 0.1) is 16.9 Å². The van der Waals surface area contributed by atoms with Gasteiger partial charge in [-0.25, -0.2) is 4.98 Å². The number of para-hydroxylation sites is 1. The Balaban J connectivity index is 1.65. The molecule has 0 fully saturated rings. The van der Waals surface area contributed by atoms with Crippen molar-refractivity contribution in [3.05, 3.63) is 47.2 Å². The first-order valence-electron chi connectivity index (χ1n) is 6.61. The summed E-state index contributed by atoms with van der Waals surface area (Å²) in [4.78, 5) is 16.1. The van der Waals surface area contributed by atoms with Crippen LogP contribution in [0.25, 0.3) is 11.0 Å². The fourth-order valence-corrected chi connectivity index (χ4v) is 2.18. The number of H-pyrrole nitrogens is 1. The SMILES string of the molecule is Cc1[nH]nc2ncc(NC(=O)COc3ccccc3Cl)cc12. The lowest BCUT2D eigenvalue weighted by molar-refractivity contribution is -0.118. The first-order chi connectivity index (χ1) is 10.6. The predicted molar refractivity (Wildman–Crippen MR) is 84.2 cm³/mol. The zero-order valence-electron chi connectivity index (χ0n) is 11.8. The molecular formula is C15H13ClN4O2. The third-order valence-corrected chi connectivity index (χ3v) is 3.39. The number of rotatable bonds is 4. The average molecular weight is 317 g/mol. The van der Waals surface area contributed by atoms with Crippen LogP contribution < -0.4 is 10.1 Å². The minimum atomic E-state index is -0.290. The van der Waals surface area contributed by atoms with Crippen molar-refractivity contribution in [2.45, 2.75) is 6.92 Å². The number of halogens is 1. The number of aryl methyl sites for hydroxylation is 1. The highest BCUT2D eigenvalue weighted by Crippen LogP contribution is 2.23. The van der Waals surface area contributed by atoms with Gasteiger partial charge >= 0.3 is 0 Å². The van der Waals surface area contributed by atoms with Crippen molar-refractivity contribution >= 4 is 34.2 Å². The molecular weight excluding hydrogens is 304 g/mol. The number of ether oxygens (including phenoxy) is 1. The average Bonchev–Trinajstić information content (AvgIpc) is 2.88. The van der Waals surface area contributed by atoms with Crippen molar-refractivity contribution in [1.29, 1.82) is 0 Å². The second-order valence-corrected chi connectivity index (χ2v) is 5.12. The van der Waals surface area contributed by atoms with Gasteiger partial charge in [0.25, 0.3) is 5.91 Å². The van der Waals surface area contributed by atoms with E-state index in [1.165, 1.54) is 0 Å². The maximum absolute atomic E-state index is 11.9. The van der Waals surface area contributed by atoms with Crippen molar-refractivity contribution in [3.8, 4) is 5.75 Å². The molecule has 0 saturated heterocycles. The van der Waals surface area contributed by atoms with E-state index in [0.717, 1.165) is 11.1 Å². The number of pyridine rings is 1. The van der Waals surface area contributed by atoms with Crippen LogP contribution in [0.15, 0.2) is 36.5 Å². The third kappa shape index (κ3) is 3.01. The number of anilines is 1. The van der Waals surface area contributed by atoms with Crippen LogP contribution in [-0.2, 0) is 4.79 Å². The number of amides is 1. The predicted octanol–water partition coefficient (Wildman–Crippen LogP) is 2.94. The number of carbonyl (C=O) groups excluding carboxylic acids is 1. The standard InChI is InChI=1S/C15H13ClN4O2/c1-9-11-6-10(7-17-15(11)20-19-9)18-14(21)8-22-13-5-3-2-4-12(13)16/h2-7H,8H2,1H3,(H,18,21)(H,17,19,20). The Hall–Kier alpha value is -2.60. The molecule has 0 unspecified atom stereocenters. The summed E-state index contributed by atoms with van der Waals surface area (Å²) in [5, 5.41) is 10.9. The monoisotopic (exact) mass is 316 g/mol. The van der Waals surface area contributed by atoms with E-state index >= 15 is 0 Å². The molecule has 2 heterocycles. The lowest BCUT2D eigenvalue weighted by atomic mass is 10.2. The van der Waals surface area contributed by atoms with Gasteiger partial charge in [-0.1, -0.05) is 23.7 Å². The number of carbonyl (C=O) groups is 1. The van der Waals surface area contributed by atoms with Gasteiger partial charge in [-0.15, -0.1) is 0 Å². The molecule has 112 valence electrons. The number of nitrogens with one attached hydrogen (secondary N) is 2. The van der Waals surface area contributed by atoms with Gasteiger partial charge in [0.15, 0.2) is 12.3 Å². The molecule has 1 amide bonds. The van der Waals surface area contributed by atoms with E-state index in [4.69, 9.17) is 16.3 Å². The minimum Gasteiger partial charge on any atom is -0.482 e. The summed E-state index contributed by atoms with van der Waals surface area (Å²) in [5.41, 5.74) is 2.10. The number of nitrogens with zero attached hydrogens (tertiary/aromatic N) is 2. The smallest absolute Gasteiger partial charge is 0.262 e. The molecule has 0 spiro atoms. The summed E-state index contributed by atoms with van der Waals surface area (Å²) in [6, 6.07) is 8.81. The molecule has 2 N–H and O–H groups in total. The number of hydrogen-bond donors (Lipinski definition) is 2. The van der Waals surface area contributed by atoms with Crippen molar-refractivity contribution in [2.24, 2.45) is 0 Å². The van der Waals surface area contributed by atoms with Crippen molar-refractivity contribution < 1.29 is 9.53 Å². The fourth-order valence-electron chi connectivity index (χ4n) is 1.99. The molecule has 22 heavy (non-hydrogen) atoms. The molecule has 3 rings (SSSR count). The van der Waals surface area contributed by atoms with Crippen molar-refractivity contribution in [3.63, 3.8) is 0 Å². The molecule has 0 aliphatic rings. The molecule has 0 atom stereocenters. The summed E-state index contributed by atoms with van der Waals surface area (Å²) in [6.07, 6.45) is 1.55. The third-order valence-electron chi connectivity index (χ3n) is 3.08. The fraction of sp³-hybridized carbons (Fsp3) is 0.133. The maximum atomic E-state index is 11.9. The molecule has 2 aromatic heterocycles. The Bertz CT molecular complexity index is 831. The highest BCUT2D eigenvalue weighted by atomic mass is 35.5. The van der Waals surface area contributed by atoms with Gasteiger partial charge in [-0.05, 0) is 25.1 Å². The molecule has 0 saturated carbocycles. The molecule has 6 nitrogen and oxygen atoms in total. The Morgan fingerprint density at radius 3 is 3.05 bits per heavy atom. The number of aromatic nitrogens is 3. The van der Waals surface area contributed by atoms with Crippen molar-refractivity contribution in [1.82, 2.24) is 15.2 Å². The van der Waals surface area contributed by atoms with Crippen LogP contribution >= 0.6 is 11.6 Å². The number of fused-ring (bicyclic) bond motifs is 1. The summed E-state index contributed by atoms with van der Waals surface area (Å²) in [6.45, 7) is 1.76. The first kappa shape index (κ1) is 14.3. The van der Waals surface area contributed by atoms with E-state index < -0.39 is 0 Å². The first-order valence-corrected chi connectivity index (χ1v) is 6.99. The largest absolute Gasteiger partial charge is 0.482 e. The molecule has 7 heteroatoms. The lowest BCUT2D eigenvalue weighted by Gasteiger charge is -2.08.